The lowest BCUT2D eigenvalue weighted by Gasteiger charge is -1.56. The van der Waals surface area contributed by atoms with Crippen molar-refractivity contribution >= 4 is 29.0 Å². The standard InChI is InChI=1S/C3H6O.CH2Cl2.CH4O/c1-3(2)4;2-1-3;1-2/h1-2H3;1H2;2H,1H3. The van der Waals surface area contributed by atoms with Gasteiger partial charge in [0.05, 0.1) is 5.34 Å². The SMILES string of the molecule is CC(C)=O.CO.ClCCl. The number of hydrogen-bond acceptors (Lipinski definition) is 2. The molecule has 0 aliphatic carbocycles. The van der Waals surface area contributed by atoms with Crippen molar-refractivity contribution in [1.82, 2.24) is 0 Å². The van der Waals surface area contributed by atoms with E-state index in [4.69, 9.17) is 28.3 Å². The van der Waals surface area contributed by atoms with Crippen LogP contribution in [0.3, 0.4) is 0 Å². The van der Waals surface area contributed by atoms with Crippen molar-refractivity contribution in [1.29, 1.82) is 0 Å². The van der Waals surface area contributed by atoms with Crippen LogP contribution in [0.15, 0.2) is 0 Å². The highest BCUT2D eigenvalue weighted by Crippen LogP contribution is 1.73. The summed E-state index contributed by atoms with van der Waals surface area (Å²) in [5, 5.41) is 7.19. The lowest BCUT2D eigenvalue weighted by Crippen LogP contribution is -1.69. The molecule has 0 atom stereocenters. The van der Waals surface area contributed by atoms with E-state index in [0.717, 1.165) is 7.11 Å². The second-order valence-electron chi connectivity index (χ2n) is 1.01. The molecule has 0 unspecified atom stereocenters. The Morgan fingerprint density at radius 2 is 1.33 bits per heavy atom. The molecule has 0 saturated carbocycles. The molecule has 1 N–H and O–H groups in total. The number of carbonyl (C=O) groups excluding carboxylic acids is 1. The smallest absolute Gasteiger partial charge is 0.126 e. The fourth-order valence-corrected chi connectivity index (χ4v) is 0. The average molecular weight is 175 g/mol. The first kappa shape index (κ1) is 16.1. The van der Waals surface area contributed by atoms with Crippen LogP contribution >= 0.6 is 23.2 Å². The Morgan fingerprint density at radius 1 is 1.33 bits per heavy atom. The lowest BCUT2D eigenvalue weighted by atomic mass is 10.6. The topological polar surface area (TPSA) is 37.3 Å². The van der Waals surface area contributed by atoms with Crippen LogP contribution in [0.4, 0.5) is 0 Å². The van der Waals surface area contributed by atoms with Crippen molar-refractivity contribution in [2.75, 3.05) is 12.4 Å². The molecule has 0 spiro atoms. The third-order valence-electron chi connectivity index (χ3n) is 0. The Labute approximate surface area is 65.8 Å². The van der Waals surface area contributed by atoms with E-state index in [1.54, 1.807) is 0 Å². The Kier molecular flexibility index (Phi) is 43.1. The molecule has 0 aliphatic rings. The highest BCUT2D eigenvalue weighted by Gasteiger charge is 1.62. The van der Waals surface area contributed by atoms with E-state index in [1.165, 1.54) is 13.8 Å². The molecule has 4 heteroatoms. The Hall–Kier alpha value is 0.210. The summed E-state index contributed by atoms with van der Waals surface area (Å²) in [6.45, 7) is 3.06. The van der Waals surface area contributed by atoms with Crippen molar-refractivity contribution in [3.63, 3.8) is 0 Å². The van der Waals surface area contributed by atoms with Crippen molar-refractivity contribution in [3.8, 4) is 0 Å². The fourth-order valence-electron chi connectivity index (χ4n) is 0. The van der Waals surface area contributed by atoms with Gasteiger partial charge in [-0.1, -0.05) is 0 Å². The minimum Gasteiger partial charge on any atom is -0.400 e. The number of alkyl halides is 2. The first-order valence-electron chi connectivity index (χ1n) is 2.19. The zero-order chi connectivity index (χ0) is 8.28. The maximum Gasteiger partial charge on any atom is 0.126 e. The minimum atomic E-state index is 0.167. The lowest BCUT2D eigenvalue weighted by molar-refractivity contribution is -0.114. The number of ketones is 1. The van der Waals surface area contributed by atoms with E-state index < -0.39 is 0 Å². The number of carbonyl (C=O) groups is 1. The zero-order valence-electron chi connectivity index (χ0n) is 5.82. The van der Waals surface area contributed by atoms with Crippen LogP contribution in [0, 0.1) is 0 Å². The second kappa shape index (κ2) is 24.1. The largest absolute Gasteiger partial charge is 0.400 e. The first-order valence-corrected chi connectivity index (χ1v) is 3.25. The Balaban J connectivity index is -0.0000000646. The predicted octanol–water partition coefficient (Wildman–Crippen LogP) is 1.63. The summed E-state index contributed by atoms with van der Waals surface area (Å²) in [7, 11) is 1.00. The molecule has 0 aromatic rings. The summed E-state index contributed by atoms with van der Waals surface area (Å²) in [6.07, 6.45) is 0. The highest BCUT2D eigenvalue weighted by molar-refractivity contribution is 6.40. The third kappa shape index (κ3) is 7180. The van der Waals surface area contributed by atoms with Gasteiger partial charge in [0.1, 0.15) is 5.78 Å². The van der Waals surface area contributed by atoms with Crippen molar-refractivity contribution < 1.29 is 9.90 Å². The van der Waals surface area contributed by atoms with Crippen LogP contribution in [0.2, 0.25) is 0 Å². The van der Waals surface area contributed by atoms with E-state index >= 15 is 0 Å². The van der Waals surface area contributed by atoms with Gasteiger partial charge in [-0.25, -0.2) is 0 Å². The van der Waals surface area contributed by atoms with E-state index in [1.807, 2.05) is 0 Å². The molecule has 58 valence electrons. The number of Topliss-reactive ketones (excluding diaryl/α,β-unsaturated/α-hetero) is 1. The number of aliphatic hydroxyl groups excluding tert-OH is 1. The molecule has 0 saturated heterocycles. The first-order chi connectivity index (χ1) is 4.15. The van der Waals surface area contributed by atoms with E-state index in [2.05, 4.69) is 0 Å². The van der Waals surface area contributed by atoms with Crippen LogP contribution in [0.1, 0.15) is 13.8 Å². The molecule has 9 heavy (non-hydrogen) atoms. The summed E-state index contributed by atoms with van der Waals surface area (Å²) >= 11 is 9.53. The van der Waals surface area contributed by atoms with Gasteiger partial charge in [0.15, 0.2) is 0 Å². The molecule has 0 bridgehead atoms. The molecule has 2 nitrogen and oxygen atoms in total. The van der Waals surface area contributed by atoms with Crippen LogP contribution in [-0.2, 0) is 4.79 Å². The monoisotopic (exact) mass is 174 g/mol. The Morgan fingerprint density at radius 3 is 1.33 bits per heavy atom. The van der Waals surface area contributed by atoms with Crippen LogP contribution in [0.25, 0.3) is 0 Å². The average Bonchev–Trinajstić information content (AvgIpc) is 1.71. The molecule has 0 aliphatic heterocycles. The van der Waals surface area contributed by atoms with Crippen molar-refractivity contribution in [2.24, 2.45) is 0 Å². The summed E-state index contributed by atoms with van der Waals surface area (Å²) in [4.78, 5) is 9.44. The summed E-state index contributed by atoms with van der Waals surface area (Å²) in [5.41, 5.74) is 0. The molecular formula is C5H12Cl2O2. The van der Waals surface area contributed by atoms with Gasteiger partial charge in [-0.15, -0.1) is 23.2 Å². The maximum atomic E-state index is 9.44. The minimum absolute atomic E-state index is 0.167. The molecule has 0 aromatic heterocycles. The molecule has 0 amide bonds. The molecule has 0 aromatic carbocycles. The summed E-state index contributed by atoms with van der Waals surface area (Å²) in [5.74, 6) is 0.167. The predicted molar refractivity (Wildman–Crippen MR) is 41.1 cm³/mol. The third-order valence-corrected chi connectivity index (χ3v) is 0. The number of halogens is 2. The van der Waals surface area contributed by atoms with Gasteiger partial charge in [-0.2, -0.15) is 0 Å². The molecule has 0 rings (SSSR count). The second-order valence-corrected chi connectivity index (χ2v) is 1.82. The number of rotatable bonds is 0. The van der Waals surface area contributed by atoms with Crippen LogP contribution in [0.5, 0.6) is 0 Å². The highest BCUT2D eigenvalue weighted by atomic mass is 35.5. The molecular weight excluding hydrogens is 163 g/mol. The molecule has 0 radical (unpaired) electrons. The van der Waals surface area contributed by atoms with Gasteiger partial charge < -0.3 is 9.90 Å². The number of hydrogen-bond donors (Lipinski definition) is 1. The van der Waals surface area contributed by atoms with E-state index in [9.17, 15) is 4.79 Å². The van der Waals surface area contributed by atoms with Gasteiger partial charge in [0.25, 0.3) is 0 Å². The normalized spacial score (nSPS) is 5.56. The van der Waals surface area contributed by atoms with Crippen molar-refractivity contribution in [2.45, 2.75) is 13.8 Å². The van der Waals surface area contributed by atoms with E-state index in [-0.39, 0.29) is 11.1 Å². The van der Waals surface area contributed by atoms with Gasteiger partial charge in [-0.05, 0) is 13.8 Å². The fraction of sp³-hybridized carbons (Fsp3) is 0.800. The molecule has 0 heterocycles. The number of aliphatic hydroxyl groups is 1. The Bertz CT molecular complexity index is 44.2. The zero-order valence-corrected chi connectivity index (χ0v) is 7.33. The quantitative estimate of drug-likeness (QED) is 0.568. The van der Waals surface area contributed by atoms with Gasteiger partial charge >= 0.3 is 0 Å². The summed E-state index contributed by atoms with van der Waals surface area (Å²) in [6, 6.07) is 0. The van der Waals surface area contributed by atoms with Gasteiger partial charge in [0, 0.05) is 7.11 Å². The van der Waals surface area contributed by atoms with E-state index in [0.29, 0.717) is 0 Å². The van der Waals surface area contributed by atoms with Gasteiger partial charge in [0.2, 0.25) is 0 Å². The molecule has 0 fully saturated rings. The summed E-state index contributed by atoms with van der Waals surface area (Å²) < 4.78 is 0. The van der Waals surface area contributed by atoms with Crippen LogP contribution in [-0.4, -0.2) is 23.3 Å². The maximum absolute atomic E-state index is 9.44. The van der Waals surface area contributed by atoms with Crippen LogP contribution < -0.4 is 0 Å². The van der Waals surface area contributed by atoms with Gasteiger partial charge in [-0.3, -0.25) is 0 Å². The van der Waals surface area contributed by atoms with Crippen molar-refractivity contribution in [3.05, 3.63) is 0 Å².